The minimum absolute atomic E-state index is 0.420. The molecule has 0 spiro atoms. The van der Waals surface area contributed by atoms with Gasteiger partial charge in [0.25, 0.3) is 0 Å². The average molecular weight is 339 g/mol. The zero-order valence-electron chi connectivity index (χ0n) is 14.8. The van der Waals surface area contributed by atoms with Gasteiger partial charge in [0.1, 0.15) is 5.60 Å². The SMILES string of the molecule is CCSCCCNCCc1ccc(NC(=O)OC(C)(C)C)cc1. The van der Waals surface area contributed by atoms with E-state index in [1.165, 1.54) is 23.5 Å². The molecule has 0 heterocycles. The van der Waals surface area contributed by atoms with E-state index in [2.05, 4.69) is 17.6 Å². The van der Waals surface area contributed by atoms with Gasteiger partial charge in [0.2, 0.25) is 0 Å². The monoisotopic (exact) mass is 338 g/mol. The van der Waals surface area contributed by atoms with Crippen molar-refractivity contribution in [2.75, 3.05) is 29.9 Å². The van der Waals surface area contributed by atoms with Crippen molar-refractivity contribution in [1.82, 2.24) is 5.32 Å². The van der Waals surface area contributed by atoms with Crippen LogP contribution in [0.15, 0.2) is 24.3 Å². The van der Waals surface area contributed by atoms with Crippen LogP contribution in [0.3, 0.4) is 0 Å². The Hall–Kier alpha value is -1.20. The maximum absolute atomic E-state index is 11.7. The number of anilines is 1. The highest BCUT2D eigenvalue weighted by Gasteiger charge is 2.15. The maximum atomic E-state index is 11.7. The lowest BCUT2D eigenvalue weighted by molar-refractivity contribution is 0.0636. The lowest BCUT2D eigenvalue weighted by Crippen LogP contribution is -2.27. The number of thioether (sulfide) groups is 1. The van der Waals surface area contributed by atoms with Crippen LogP contribution in [0.2, 0.25) is 0 Å². The molecule has 5 heteroatoms. The first-order valence-corrected chi connectivity index (χ1v) is 9.43. The van der Waals surface area contributed by atoms with E-state index in [0.29, 0.717) is 0 Å². The summed E-state index contributed by atoms with van der Waals surface area (Å²) in [4.78, 5) is 11.7. The molecule has 0 unspecified atom stereocenters. The van der Waals surface area contributed by atoms with Crippen molar-refractivity contribution in [3.63, 3.8) is 0 Å². The van der Waals surface area contributed by atoms with Gasteiger partial charge in [-0.15, -0.1) is 0 Å². The molecule has 23 heavy (non-hydrogen) atoms. The van der Waals surface area contributed by atoms with Gasteiger partial charge in [0.15, 0.2) is 0 Å². The van der Waals surface area contributed by atoms with Crippen LogP contribution in [0.25, 0.3) is 0 Å². The third-order valence-corrected chi connectivity index (χ3v) is 4.02. The van der Waals surface area contributed by atoms with E-state index in [9.17, 15) is 4.79 Å². The summed E-state index contributed by atoms with van der Waals surface area (Å²) in [5.74, 6) is 2.43. The highest BCUT2D eigenvalue weighted by Crippen LogP contribution is 2.13. The predicted molar refractivity (Wildman–Crippen MR) is 100 cm³/mol. The molecule has 1 amide bonds. The van der Waals surface area contributed by atoms with Crippen LogP contribution < -0.4 is 10.6 Å². The molecule has 2 N–H and O–H groups in total. The van der Waals surface area contributed by atoms with Gasteiger partial charge in [-0.1, -0.05) is 19.1 Å². The van der Waals surface area contributed by atoms with Crippen LogP contribution in [0.4, 0.5) is 10.5 Å². The summed E-state index contributed by atoms with van der Waals surface area (Å²) >= 11 is 1.99. The van der Waals surface area contributed by atoms with Gasteiger partial charge >= 0.3 is 6.09 Å². The van der Waals surface area contributed by atoms with Crippen LogP contribution in [0, 0.1) is 0 Å². The molecular formula is C18H30N2O2S. The predicted octanol–water partition coefficient (Wildman–Crippen LogP) is 4.31. The largest absolute Gasteiger partial charge is 0.444 e. The van der Waals surface area contributed by atoms with Crippen molar-refractivity contribution in [3.8, 4) is 0 Å². The fraction of sp³-hybridized carbons (Fsp3) is 0.611. The Morgan fingerprint density at radius 1 is 1.17 bits per heavy atom. The summed E-state index contributed by atoms with van der Waals surface area (Å²) in [5.41, 5.74) is 1.54. The quantitative estimate of drug-likeness (QED) is 0.659. The van der Waals surface area contributed by atoms with Gasteiger partial charge in [-0.2, -0.15) is 11.8 Å². The van der Waals surface area contributed by atoms with E-state index in [4.69, 9.17) is 4.74 Å². The van der Waals surface area contributed by atoms with Crippen molar-refractivity contribution in [3.05, 3.63) is 29.8 Å². The molecule has 1 aromatic rings. The minimum Gasteiger partial charge on any atom is -0.444 e. The molecule has 0 aliphatic heterocycles. The molecule has 0 aliphatic carbocycles. The Bertz CT molecular complexity index is 455. The first kappa shape index (κ1) is 19.8. The Morgan fingerprint density at radius 2 is 1.87 bits per heavy atom. The second-order valence-corrected chi connectivity index (χ2v) is 7.77. The van der Waals surface area contributed by atoms with Crippen LogP contribution in [-0.4, -0.2) is 36.3 Å². The normalized spacial score (nSPS) is 11.3. The van der Waals surface area contributed by atoms with E-state index in [1.807, 2.05) is 56.8 Å². The van der Waals surface area contributed by atoms with Crippen LogP contribution >= 0.6 is 11.8 Å². The zero-order chi connectivity index (χ0) is 17.1. The third kappa shape index (κ3) is 10.2. The van der Waals surface area contributed by atoms with Crippen LogP contribution in [-0.2, 0) is 11.2 Å². The zero-order valence-corrected chi connectivity index (χ0v) is 15.6. The fourth-order valence-corrected chi connectivity index (χ4v) is 2.61. The molecule has 0 aromatic heterocycles. The van der Waals surface area contributed by atoms with Gasteiger partial charge < -0.3 is 10.1 Å². The number of hydrogen-bond acceptors (Lipinski definition) is 4. The summed E-state index contributed by atoms with van der Waals surface area (Å²) in [5, 5.41) is 6.20. The molecule has 1 rings (SSSR count). The second-order valence-electron chi connectivity index (χ2n) is 6.37. The summed E-state index contributed by atoms with van der Waals surface area (Å²) < 4.78 is 5.23. The first-order chi connectivity index (χ1) is 10.9. The average Bonchev–Trinajstić information content (AvgIpc) is 2.46. The fourth-order valence-electron chi connectivity index (χ4n) is 1.98. The standard InChI is InChI=1S/C18H30N2O2S/c1-5-23-14-6-12-19-13-11-15-7-9-16(10-8-15)20-17(21)22-18(2,3)4/h7-10,19H,5-6,11-14H2,1-4H3,(H,20,21). The topological polar surface area (TPSA) is 50.4 Å². The minimum atomic E-state index is -0.481. The molecule has 0 aliphatic rings. The van der Waals surface area contributed by atoms with E-state index >= 15 is 0 Å². The van der Waals surface area contributed by atoms with E-state index in [-0.39, 0.29) is 0 Å². The smallest absolute Gasteiger partial charge is 0.412 e. The number of ether oxygens (including phenoxy) is 1. The highest BCUT2D eigenvalue weighted by molar-refractivity contribution is 7.99. The number of carbonyl (C=O) groups excluding carboxylic acids is 1. The van der Waals surface area contributed by atoms with Crippen molar-refractivity contribution in [2.24, 2.45) is 0 Å². The lowest BCUT2D eigenvalue weighted by atomic mass is 10.1. The van der Waals surface area contributed by atoms with E-state index < -0.39 is 11.7 Å². The maximum Gasteiger partial charge on any atom is 0.412 e. The summed E-state index contributed by atoms with van der Waals surface area (Å²) in [7, 11) is 0. The van der Waals surface area contributed by atoms with Gasteiger partial charge in [0, 0.05) is 5.69 Å². The Labute approximate surface area is 144 Å². The Morgan fingerprint density at radius 3 is 2.48 bits per heavy atom. The number of amides is 1. The highest BCUT2D eigenvalue weighted by atomic mass is 32.2. The number of carbonyl (C=O) groups is 1. The molecule has 0 radical (unpaired) electrons. The summed E-state index contributed by atoms with van der Waals surface area (Å²) in [6, 6.07) is 7.91. The van der Waals surface area contributed by atoms with Crippen molar-refractivity contribution >= 4 is 23.5 Å². The van der Waals surface area contributed by atoms with Crippen molar-refractivity contribution in [1.29, 1.82) is 0 Å². The number of nitrogens with one attached hydrogen (secondary N) is 2. The molecule has 0 saturated heterocycles. The van der Waals surface area contributed by atoms with Crippen LogP contribution in [0.1, 0.15) is 39.7 Å². The molecule has 4 nitrogen and oxygen atoms in total. The van der Waals surface area contributed by atoms with Gasteiger partial charge in [-0.05, 0) is 75.9 Å². The molecule has 1 aromatic carbocycles. The van der Waals surface area contributed by atoms with Crippen molar-refractivity contribution < 1.29 is 9.53 Å². The molecule has 0 bridgehead atoms. The van der Waals surface area contributed by atoms with E-state index in [0.717, 1.165) is 25.2 Å². The van der Waals surface area contributed by atoms with Crippen molar-refractivity contribution in [2.45, 2.75) is 46.1 Å². The summed E-state index contributed by atoms with van der Waals surface area (Å²) in [6.45, 7) is 9.80. The van der Waals surface area contributed by atoms with Crippen LogP contribution in [0.5, 0.6) is 0 Å². The van der Waals surface area contributed by atoms with E-state index in [1.54, 1.807) is 0 Å². The summed E-state index contributed by atoms with van der Waals surface area (Å²) in [6.07, 6.45) is 1.79. The molecule has 0 saturated carbocycles. The number of rotatable bonds is 9. The molecular weight excluding hydrogens is 308 g/mol. The Kier molecular flexibility index (Phi) is 9.10. The molecule has 0 atom stereocenters. The first-order valence-electron chi connectivity index (χ1n) is 8.28. The number of benzene rings is 1. The van der Waals surface area contributed by atoms with Gasteiger partial charge in [0.05, 0.1) is 0 Å². The molecule has 0 fully saturated rings. The number of hydrogen-bond donors (Lipinski definition) is 2. The molecule has 130 valence electrons. The third-order valence-electron chi connectivity index (χ3n) is 3.04. The lowest BCUT2D eigenvalue weighted by Gasteiger charge is -2.19. The van der Waals surface area contributed by atoms with Gasteiger partial charge in [-0.25, -0.2) is 4.79 Å². The Balaban J connectivity index is 2.24. The second kappa shape index (κ2) is 10.6. The van der Waals surface area contributed by atoms with Gasteiger partial charge in [-0.3, -0.25) is 5.32 Å².